The average molecular weight is 451 g/mol. The van der Waals surface area contributed by atoms with Crippen molar-refractivity contribution in [2.45, 2.75) is 69.2 Å². The Morgan fingerprint density at radius 1 is 0.970 bits per heavy atom. The van der Waals surface area contributed by atoms with E-state index in [1.54, 1.807) is 48.5 Å². The van der Waals surface area contributed by atoms with Gasteiger partial charge in [0, 0.05) is 6.42 Å². The zero-order valence-corrected chi connectivity index (χ0v) is 18.9. The fourth-order valence-electron chi connectivity index (χ4n) is 4.01. The van der Waals surface area contributed by atoms with Crippen LogP contribution in [0, 0.1) is 0 Å². The normalized spacial score (nSPS) is 25.6. The maximum absolute atomic E-state index is 12.8. The predicted octanol–water partition coefficient (Wildman–Crippen LogP) is 5.09. The predicted molar refractivity (Wildman–Crippen MR) is 123 cm³/mol. The lowest BCUT2D eigenvalue weighted by Crippen LogP contribution is -2.51. The third-order valence-corrected chi connectivity index (χ3v) is 6.15. The highest BCUT2D eigenvalue weighted by molar-refractivity contribution is 5.90. The summed E-state index contributed by atoms with van der Waals surface area (Å²) in [5.41, 5.74) is 0.631. The monoisotopic (exact) mass is 450 g/mol. The minimum absolute atomic E-state index is 0.274. The summed E-state index contributed by atoms with van der Waals surface area (Å²) >= 11 is 0. The molecule has 33 heavy (non-hydrogen) atoms. The SMILES string of the molecule is C=CCCC1(O[C@@H]2O[C@@H](C)[C@H](OC(=O)c3ccccc3)C[C@H]2OC(=O)c2ccccc2)CC1. The molecule has 0 aromatic heterocycles. The summed E-state index contributed by atoms with van der Waals surface area (Å²) in [4.78, 5) is 25.4. The zero-order valence-electron chi connectivity index (χ0n) is 18.9. The Balaban J connectivity index is 1.48. The van der Waals surface area contributed by atoms with Crippen LogP contribution in [0.3, 0.4) is 0 Å². The van der Waals surface area contributed by atoms with Gasteiger partial charge in [0.15, 0.2) is 12.4 Å². The van der Waals surface area contributed by atoms with Crippen molar-refractivity contribution in [3.63, 3.8) is 0 Å². The summed E-state index contributed by atoms with van der Waals surface area (Å²) in [6, 6.07) is 17.6. The molecule has 174 valence electrons. The van der Waals surface area contributed by atoms with Crippen molar-refractivity contribution in [1.29, 1.82) is 0 Å². The van der Waals surface area contributed by atoms with Gasteiger partial charge in [-0.1, -0.05) is 42.5 Å². The molecule has 2 fully saturated rings. The van der Waals surface area contributed by atoms with Crippen LogP contribution < -0.4 is 0 Å². The van der Waals surface area contributed by atoms with E-state index in [1.807, 2.05) is 25.1 Å². The van der Waals surface area contributed by atoms with Crippen LogP contribution >= 0.6 is 0 Å². The summed E-state index contributed by atoms with van der Waals surface area (Å²) in [6.45, 7) is 5.64. The van der Waals surface area contributed by atoms with E-state index in [4.69, 9.17) is 18.9 Å². The maximum Gasteiger partial charge on any atom is 0.338 e. The lowest BCUT2D eigenvalue weighted by molar-refractivity contribution is -0.279. The van der Waals surface area contributed by atoms with Gasteiger partial charge in [0.05, 0.1) is 22.8 Å². The third-order valence-electron chi connectivity index (χ3n) is 6.15. The first-order valence-electron chi connectivity index (χ1n) is 11.5. The Hall–Kier alpha value is -2.96. The molecule has 4 atom stereocenters. The smallest absolute Gasteiger partial charge is 0.338 e. The number of rotatable bonds is 9. The van der Waals surface area contributed by atoms with Crippen molar-refractivity contribution in [1.82, 2.24) is 0 Å². The molecule has 0 bridgehead atoms. The van der Waals surface area contributed by atoms with Crippen LogP contribution in [0.15, 0.2) is 73.3 Å². The van der Waals surface area contributed by atoms with Crippen molar-refractivity contribution < 1.29 is 28.5 Å². The van der Waals surface area contributed by atoms with E-state index in [0.29, 0.717) is 17.5 Å². The fourth-order valence-corrected chi connectivity index (χ4v) is 4.01. The molecule has 0 unspecified atom stereocenters. The first-order chi connectivity index (χ1) is 16.0. The van der Waals surface area contributed by atoms with E-state index in [0.717, 1.165) is 25.7 Å². The lowest BCUT2D eigenvalue weighted by Gasteiger charge is -2.40. The molecule has 4 rings (SSSR count). The van der Waals surface area contributed by atoms with E-state index < -0.39 is 36.5 Å². The summed E-state index contributed by atoms with van der Waals surface area (Å²) in [6.07, 6.45) is 3.29. The van der Waals surface area contributed by atoms with Crippen LogP contribution in [-0.2, 0) is 18.9 Å². The molecule has 0 amide bonds. The molecule has 0 radical (unpaired) electrons. The van der Waals surface area contributed by atoms with Gasteiger partial charge >= 0.3 is 11.9 Å². The average Bonchev–Trinajstić information content (AvgIpc) is 3.61. The van der Waals surface area contributed by atoms with Gasteiger partial charge in [0.25, 0.3) is 0 Å². The van der Waals surface area contributed by atoms with Crippen LogP contribution in [0.2, 0.25) is 0 Å². The van der Waals surface area contributed by atoms with Crippen LogP contribution in [0.5, 0.6) is 0 Å². The topological polar surface area (TPSA) is 71.1 Å². The van der Waals surface area contributed by atoms with Crippen LogP contribution in [0.25, 0.3) is 0 Å². The number of carbonyl (C=O) groups is 2. The largest absolute Gasteiger partial charge is 0.456 e. The van der Waals surface area contributed by atoms with Gasteiger partial charge < -0.3 is 18.9 Å². The van der Waals surface area contributed by atoms with Crippen molar-refractivity contribution in [3.05, 3.63) is 84.4 Å². The van der Waals surface area contributed by atoms with E-state index in [9.17, 15) is 9.59 Å². The van der Waals surface area contributed by atoms with E-state index >= 15 is 0 Å². The summed E-state index contributed by atoms with van der Waals surface area (Å²) < 4.78 is 24.1. The van der Waals surface area contributed by atoms with Gasteiger partial charge in [0.1, 0.15) is 6.10 Å². The number of ether oxygens (including phenoxy) is 4. The van der Waals surface area contributed by atoms with Gasteiger partial charge in [-0.3, -0.25) is 0 Å². The second kappa shape index (κ2) is 10.3. The molecule has 0 spiro atoms. The molecule has 6 heteroatoms. The highest BCUT2D eigenvalue weighted by Gasteiger charge is 2.50. The van der Waals surface area contributed by atoms with Crippen LogP contribution in [0.4, 0.5) is 0 Å². The van der Waals surface area contributed by atoms with E-state index in [2.05, 4.69) is 6.58 Å². The third kappa shape index (κ3) is 5.89. The first-order valence-corrected chi connectivity index (χ1v) is 11.5. The molecular formula is C27H30O6. The van der Waals surface area contributed by atoms with Crippen LogP contribution in [-0.4, -0.2) is 42.1 Å². The van der Waals surface area contributed by atoms with Gasteiger partial charge in [0.2, 0.25) is 0 Å². The molecular weight excluding hydrogens is 420 g/mol. The maximum atomic E-state index is 12.8. The molecule has 1 aliphatic heterocycles. The molecule has 1 heterocycles. The molecule has 1 aliphatic carbocycles. The van der Waals surface area contributed by atoms with Gasteiger partial charge in [-0.05, 0) is 56.9 Å². The Morgan fingerprint density at radius 2 is 1.52 bits per heavy atom. The summed E-state index contributed by atoms with van der Waals surface area (Å²) in [5, 5.41) is 0. The number of hydrogen-bond acceptors (Lipinski definition) is 6. The second-order valence-corrected chi connectivity index (χ2v) is 8.69. The second-order valence-electron chi connectivity index (χ2n) is 8.69. The molecule has 0 N–H and O–H groups in total. The van der Waals surface area contributed by atoms with Crippen molar-refractivity contribution in [3.8, 4) is 0 Å². The quantitative estimate of drug-likeness (QED) is 0.392. The van der Waals surface area contributed by atoms with Crippen LogP contribution in [0.1, 0.15) is 59.7 Å². The van der Waals surface area contributed by atoms with E-state index in [-0.39, 0.29) is 5.60 Å². The molecule has 1 saturated carbocycles. The van der Waals surface area contributed by atoms with E-state index in [1.165, 1.54) is 0 Å². The highest BCUT2D eigenvalue weighted by Crippen LogP contribution is 2.46. The Labute approximate surface area is 194 Å². The number of allylic oxidation sites excluding steroid dienone is 1. The van der Waals surface area contributed by atoms with Gasteiger partial charge in [-0.2, -0.15) is 0 Å². The van der Waals surface area contributed by atoms with Gasteiger partial charge in [-0.25, -0.2) is 9.59 Å². The minimum Gasteiger partial charge on any atom is -0.456 e. The van der Waals surface area contributed by atoms with Crippen molar-refractivity contribution in [2.75, 3.05) is 0 Å². The molecule has 2 aromatic rings. The Bertz CT molecular complexity index is 953. The zero-order chi connectivity index (χ0) is 23.3. The molecule has 1 saturated heterocycles. The molecule has 2 aromatic carbocycles. The van der Waals surface area contributed by atoms with Crippen molar-refractivity contribution in [2.24, 2.45) is 0 Å². The summed E-state index contributed by atoms with van der Waals surface area (Å²) in [7, 11) is 0. The fraction of sp³-hybridized carbons (Fsp3) is 0.407. The number of esters is 2. The number of hydrogen-bond donors (Lipinski definition) is 0. The molecule has 2 aliphatic rings. The number of benzene rings is 2. The Kier molecular flexibility index (Phi) is 7.26. The van der Waals surface area contributed by atoms with Crippen molar-refractivity contribution >= 4 is 11.9 Å². The first kappa shape index (κ1) is 23.2. The highest BCUT2D eigenvalue weighted by atomic mass is 16.7. The van der Waals surface area contributed by atoms with Gasteiger partial charge in [-0.15, -0.1) is 6.58 Å². The lowest BCUT2D eigenvalue weighted by atomic mass is 10.0. The molecule has 6 nitrogen and oxygen atoms in total. The Morgan fingerprint density at radius 3 is 2.03 bits per heavy atom. The summed E-state index contributed by atoms with van der Waals surface area (Å²) in [5.74, 6) is -0.898. The minimum atomic E-state index is -0.730. The standard InChI is InChI=1S/C27H30O6/c1-3-4-15-27(16-17-27)33-26-23(32-25(29)21-13-9-6-10-14-21)18-22(19(2)30-26)31-24(28)20-11-7-5-8-12-20/h3,5-14,19,22-23,26H,1,4,15-18H2,2H3/t19-,22+,23+,26-/m0/s1. The number of carbonyl (C=O) groups excluding carboxylic acids is 2.